The zero-order valence-corrected chi connectivity index (χ0v) is 9.35. The predicted octanol–water partition coefficient (Wildman–Crippen LogP) is -2.02. The molecule has 11 heavy (non-hydrogen) atoms. The van der Waals surface area contributed by atoms with E-state index in [1.807, 2.05) is 0 Å². The molecule has 0 bridgehead atoms. The van der Waals surface area contributed by atoms with Gasteiger partial charge < -0.3 is 4.55 Å². The number of aromatic nitrogens is 1. The van der Waals surface area contributed by atoms with Crippen molar-refractivity contribution in [1.29, 1.82) is 0 Å². The molecule has 1 heterocycles. The first-order valence-corrected chi connectivity index (χ1v) is 3.86. The van der Waals surface area contributed by atoms with E-state index in [4.69, 9.17) is 11.6 Å². The van der Waals surface area contributed by atoms with E-state index in [0.29, 0.717) is 0 Å². The number of halogens is 1. The standard InChI is InChI=1S/C5H4ClNO2S.Na/c6-5-3-4(10(8)9)1-2-7-5;/h1-3H,(H,8,9);/q;+1/p-1. The van der Waals surface area contributed by atoms with Crippen molar-refractivity contribution in [3.05, 3.63) is 23.5 Å². The van der Waals surface area contributed by atoms with Gasteiger partial charge in [0.1, 0.15) is 5.15 Å². The van der Waals surface area contributed by atoms with E-state index in [2.05, 4.69) is 4.98 Å². The molecule has 0 spiro atoms. The molecule has 3 nitrogen and oxygen atoms in total. The minimum atomic E-state index is -2.21. The summed E-state index contributed by atoms with van der Waals surface area (Å²) in [5.74, 6) is 0. The summed E-state index contributed by atoms with van der Waals surface area (Å²) in [6.45, 7) is 0. The summed E-state index contributed by atoms with van der Waals surface area (Å²) in [5.41, 5.74) is 0. The third kappa shape index (κ3) is 3.64. The number of hydrogen-bond acceptors (Lipinski definition) is 3. The monoisotopic (exact) mass is 199 g/mol. The smallest absolute Gasteiger partial charge is 0.768 e. The molecular formula is C5H3ClNNaO2S. The molecule has 0 saturated heterocycles. The Balaban J connectivity index is 0.000001000. The fourth-order valence-electron chi connectivity index (χ4n) is 0.488. The summed E-state index contributed by atoms with van der Waals surface area (Å²) in [5, 5.41) is 0.182. The summed E-state index contributed by atoms with van der Waals surface area (Å²) in [6.07, 6.45) is 1.34. The largest absolute Gasteiger partial charge is 1.00 e. The third-order valence-corrected chi connectivity index (χ3v) is 1.74. The fourth-order valence-corrected chi connectivity index (χ4v) is 1.11. The van der Waals surface area contributed by atoms with Crippen LogP contribution in [0.15, 0.2) is 23.2 Å². The molecular weight excluding hydrogens is 197 g/mol. The Morgan fingerprint density at radius 2 is 2.27 bits per heavy atom. The van der Waals surface area contributed by atoms with Crippen LogP contribution in [0.25, 0.3) is 0 Å². The van der Waals surface area contributed by atoms with Gasteiger partial charge in [-0.15, -0.1) is 0 Å². The normalized spacial score (nSPS) is 11.8. The maximum Gasteiger partial charge on any atom is 1.00 e. The molecule has 0 radical (unpaired) electrons. The van der Waals surface area contributed by atoms with Crippen LogP contribution >= 0.6 is 11.6 Å². The van der Waals surface area contributed by atoms with E-state index < -0.39 is 11.1 Å². The summed E-state index contributed by atoms with van der Waals surface area (Å²) < 4.78 is 20.5. The van der Waals surface area contributed by atoms with E-state index in [0.717, 1.165) is 0 Å². The third-order valence-electron chi connectivity index (χ3n) is 0.890. The maximum absolute atomic E-state index is 10.3. The molecule has 0 amide bonds. The second-order valence-corrected chi connectivity index (χ2v) is 2.88. The zero-order chi connectivity index (χ0) is 7.56. The topological polar surface area (TPSA) is 53.0 Å². The van der Waals surface area contributed by atoms with Crippen LogP contribution in [0.5, 0.6) is 0 Å². The molecule has 0 fully saturated rings. The van der Waals surface area contributed by atoms with Crippen molar-refractivity contribution in [3.63, 3.8) is 0 Å². The van der Waals surface area contributed by atoms with Gasteiger partial charge in [0, 0.05) is 11.1 Å². The van der Waals surface area contributed by atoms with Crippen molar-refractivity contribution in [2.45, 2.75) is 4.90 Å². The van der Waals surface area contributed by atoms with Gasteiger partial charge in [-0.05, 0) is 23.2 Å². The maximum atomic E-state index is 10.3. The van der Waals surface area contributed by atoms with Gasteiger partial charge in [-0.2, -0.15) is 0 Å². The fraction of sp³-hybridized carbons (Fsp3) is 0. The quantitative estimate of drug-likeness (QED) is 0.298. The first-order chi connectivity index (χ1) is 4.70. The van der Waals surface area contributed by atoms with Crippen LogP contribution in [0.4, 0.5) is 0 Å². The number of rotatable bonds is 1. The summed E-state index contributed by atoms with van der Waals surface area (Å²) in [4.78, 5) is 3.77. The van der Waals surface area contributed by atoms with E-state index in [1.165, 1.54) is 18.3 Å². The van der Waals surface area contributed by atoms with Crippen molar-refractivity contribution >= 4 is 22.7 Å². The van der Waals surface area contributed by atoms with Crippen molar-refractivity contribution in [2.75, 3.05) is 0 Å². The molecule has 54 valence electrons. The Hall–Kier alpha value is 0.550. The Bertz CT molecular complexity index is 270. The van der Waals surface area contributed by atoms with Crippen molar-refractivity contribution in [2.24, 2.45) is 0 Å². The Morgan fingerprint density at radius 3 is 2.64 bits per heavy atom. The molecule has 0 aliphatic carbocycles. The predicted molar refractivity (Wildman–Crippen MR) is 36.4 cm³/mol. The van der Waals surface area contributed by atoms with Gasteiger partial charge in [0.25, 0.3) is 0 Å². The number of nitrogens with zero attached hydrogens (tertiary/aromatic N) is 1. The van der Waals surface area contributed by atoms with Gasteiger partial charge in [0.2, 0.25) is 0 Å². The molecule has 0 aromatic carbocycles. The minimum absolute atomic E-state index is 0. The summed E-state index contributed by atoms with van der Waals surface area (Å²) >= 11 is 3.19. The molecule has 1 atom stereocenters. The Labute approximate surface area is 93.7 Å². The van der Waals surface area contributed by atoms with Crippen molar-refractivity contribution in [1.82, 2.24) is 4.98 Å². The first kappa shape index (κ1) is 11.6. The zero-order valence-electron chi connectivity index (χ0n) is 5.78. The number of pyridine rings is 1. The minimum Gasteiger partial charge on any atom is -0.768 e. The molecule has 6 heteroatoms. The summed E-state index contributed by atoms with van der Waals surface area (Å²) in [6, 6.07) is 2.65. The van der Waals surface area contributed by atoms with Gasteiger partial charge in [0.15, 0.2) is 0 Å². The molecule has 1 aromatic heterocycles. The van der Waals surface area contributed by atoms with Crippen molar-refractivity contribution < 1.29 is 38.3 Å². The molecule has 0 aliphatic rings. The average molecular weight is 200 g/mol. The van der Waals surface area contributed by atoms with Crippen LogP contribution in [-0.2, 0) is 11.1 Å². The number of hydrogen-bond donors (Lipinski definition) is 0. The van der Waals surface area contributed by atoms with Crippen LogP contribution in [-0.4, -0.2) is 13.7 Å². The van der Waals surface area contributed by atoms with E-state index in [-0.39, 0.29) is 39.6 Å². The van der Waals surface area contributed by atoms with E-state index in [9.17, 15) is 8.76 Å². The Morgan fingerprint density at radius 1 is 1.64 bits per heavy atom. The SMILES string of the molecule is O=S([O-])c1ccnc(Cl)c1.[Na+]. The van der Waals surface area contributed by atoms with Gasteiger partial charge >= 0.3 is 29.6 Å². The summed E-state index contributed by atoms with van der Waals surface area (Å²) in [7, 11) is 0. The molecule has 0 aliphatic heterocycles. The molecule has 1 unspecified atom stereocenters. The van der Waals surface area contributed by atoms with E-state index in [1.54, 1.807) is 0 Å². The van der Waals surface area contributed by atoms with E-state index >= 15 is 0 Å². The van der Waals surface area contributed by atoms with Crippen LogP contribution in [0.2, 0.25) is 5.15 Å². The second kappa shape index (κ2) is 5.24. The van der Waals surface area contributed by atoms with Gasteiger partial charge in [-0.25, -0.2) is 4.98 Å². The Kier molecular flexibility index (Phi) is 5.50. The molecule has 1 aromatic rings. The van der Waals surface area contributed by atoms with Crippen LogP contribution < -0.4 is 29.6 Å². The average Bonchev–Trinajstić information content (AvgIpc) is 1.88. The second-order valence-electron chi connectivity index (χ2n) is 1.55. The van der Waals surface area contributed by atoms with Crippen LogP contribution in [0.3, 0.4) is 0 Å². The van der Waals surface area contributed by atoms with Gasteiger partial charge in [-0.1, -0.05) is 11.6 Å². The first-order valence-electron chi connectivity index (χ1n) is 2.41. The molecule has 0 N–H and O–H groups in total. The van der Waals surface area contributed by atoms with Crippen molar-refractivity contribution in [3.8, 4) is 0 Å². The van der Waals surface area contributed by atoms with Crippen LogP contribution in [0.1, 0.15) is 0 Å². The van der Waals surface area contributed by atoms with Crippen LogP contribution in [0, 0.1) is 0 Å². The molecule has 0 saturated carbocycles. The van der Waals surface area contributed by atoms with Gasteiger partial charge in [0.05, 0.1) is 0 Å². The van der Waals surface area contributed by atoms with Gasteiger partial charge in [-0.3, -0.25) is 4.21 Å². The molecule has 1 rings (SSSR count).